The van der Waals surface area contributed by atoms with Gasteiger partial charge in [0.2, 0.25) is 0 Å². The van der Waals surface area contributed by atoms with Crippen LogP contribution in [0.25, 0.3) is 0 Å². The topological polar surface area (TPSA) is 61.7 Å². The third-order valence-electron chi connectivity index (χ3n) is 3.30. The predicted octanol–water partition coefficient (Wildman–Crippen LogP) is 3.35. The predicted molar refractivity (Wildman–Crippen MR) is 82.6 cm³/mol. The van der Waals surface area contributed by atoms with Gasteiger partial charge >= 0.3 is 0 Å². The first-order valence-corrected chi connectivity index (χ1v) is 7.07. The molecule has 1 atom stereocenters. The molecule has 0 saturated heterocycles. The summed E-state index contributed by atoms with van der Waals surface area (Å²) in [6.07, 6.45) is 0. The average Bonchev–Trinajstić information content (AvgIpc) is 2.45. The van der Waals surface area contributed by atoms with Crippen LogP contribution in [-0.2, 0) is 6.54 Å². The quantitative estimate of drug-likeness (QED) is 0.762. The van der Waals surface area contributed by atoms with Crippen LogP contribution in [0.5, 0.6) is 17.2 Å². The van der Waals surface area contributed by atoms with Crippen LogP contribution < -0.4 is 10.1 Å². The zero-order chi connectivity index (χ0) is 15.2. The van der Waals surface area contributed by atoms with Crippen LogP contribution in [0.2, 0.25) is 0 Å². The molecule has 3 N–H and O–H groups in total. The lowest BCUT2D eigenvalue weighted by Gasteiger charge is -2.16. The summed E-state index contributed by atoms with van der Waals surface area (Å²) in [5, 5.41) is 22.5. The lowest BCUT2D eigenvalue weighted by atomic mass is 10.1. The molecule has 0 radical (unpaired) electrons. The van der Waals surface area contributed by atoms with Crippen molar-refractivity contribution in [1.82, 2.24) is 5.32 Å². The molecule has 0 aliphatic carbocycles. The van der Waals surface area contributed by atoms with E-state index in [2.05, 4.69) is 5.32 Å². The molecular weight excluding hydrogens is 266 g/mol. The van der Waals surface area contributed by atoms with Gasteiger partial charge in [-0.2, -0.15) is 0 Å². The van der Waals surface area contributed by atoms with Gasteiger partial charge in [-0.1, -0.05) is 18.2 Å². The molecule has 4 heteroatoms. The molecule has 21 heavy (non-hydrogen) atoms. The largest absolute Gasteiger partial charge is 0.508 e. The lowest BCUT2D eigenvalue weighted by Crippen LogP contribution is -2.18. The fourth-order valence-electron chi connectivity index (χ4n) is 2.19. The molecule has 0 fully saturated rings. The van der Waals surface area contributed by atoms with E-state index in [1.54, 1.807) is 12.1 Å². The first-order valence-electron chi connectivity index (χ1n) is 7.07. The number of aromatic hydroxyl groups is 2. The first kappa shape index (κ1) is 15.2. The maximum absolute atomic E-state index is 9.85. The molecule has 0 saturated carbocycles. The van der Waals surface area contributed by atoms with Gasteiger partial charge in [-0.25, -0.2) is 0 Å². The molecule has 2 rings (SSSR count). The van der Waals surface area contributed by atoms with Crippen LogP contribution in [0.15, 0.2) is 42.5 Å². The molecule has 0 amide bonds. The maximum Gasteiger partial charge on any atom is 0.124 e. The van der Waals surface area contributed by atoms with Crippen molar-refractivity contribution in [3.8, 4) is 17.2 Å². The van der Waals surface area contributed by atoms with Crippen molar-refractivity contribution in [2.45, 2.75) is 26.4 Å². The molecule has 0 heterocycles. The molecule has 0 aliphatic rings. The monoisotopic (exact) mass is 287 g/mol. The van der Waals surface area contributed by atoms with Crippen LogP contribution in [-0.4, -0.2) is 16.8 Å². The van der Waals surface area contributed by atoms with Crippen molar-refractivity contribution in [2.75, 3.05) is 6.61 Å². The first-order chi connectivity index (χ1) is 10.1. The number of phenolic OH excluding ortho intramolecular Hbond substituents is 2. The van der Waals surface area contributed by atoms with E-state index in [1.165, 1.54) is 6.07 Å². The van der Waals surface area contributed by atoms with Gasteiger partial charge in [-0.3, -0.25) is 0 Å². The van der Waals surface area contributed by atoms with Crippen molar-refractivity contribution >= 4 is 0 Å². The van der Waals surface area contributed by atoms with Crippen LogP contribution >= 0.6 is 0 Å². The molecule has 2 aromatic carbocycles. The minimum Gasteiger partial charge on any atom is -0.508 e. The van der Waals surface area contributed by atoms with Gasteiger partial charge in [0.25, 0.3) is 0 Å². The Hall–Kier alpha value is -2.20. The van der Waals surface area contributed by atoms with Crippen LogP contribution in [0.1, 0.15) is 31.0 Å². The van der Waals surface area contributed by atoms with Gasteiger partial charge in [-0.15, -0.1) is 0 Å². The minimum atomic E-state index is -0.0265. The fourth-order valence-corrected chi connectivity index (χ4v) is 2.19. The number of rotatable bonds is 6. The summed E-state index contributed by atoms with van der Waals surface area (Å²) in [5.41, 5.74) is 1.87. The Balaban J connectivity index is 2.00. The van der Waals surface area contributed by atoms with E-state index in [4.69, 9.17) is 4.74 Å². The Kier molecular flexibility index (Phi) is 5.06. The van der Waals surface area contributed by atoms with Crippen molar-refractivity contribution < 1.29 is 14.9 Å². The summed E-state index contributed by atoms with van der Waals surface area (Å²) >= 11 is 0. The second-order valence-electron chi connectivity index (χ2n) is 4.93. The second-order valence-corrected chi connectivity index (χ2v) is 4.93. The van der Waals surface area contributed by atoms with Crippen LogP contribution in [0.3, 0.4) is 0 Å². The summed E-state index contributed by atoms with van der Waals surface area (Å²) in [6.45, 7) is 5.25. The Labute approximate surface area is 125 Å². The molecule has 112 valence electrons. The average molecular weight is 287 g/mol. The number of benzene rings is 2. The van der Waals surface area contributed by atoms with Gasteiger partial charge in [0.05, 0.1) is 6.61 Å². The van der Waals surface area contributed by atoms with Crippen molar-refractivity contribution in [2.24, 2.45) is 0 Å². The molecule has 0 bridgehead atoms. The molecule has 0 aromatic heterocycles. The fraction of sp³-hybridized carbons (Fsp3) is 0.294. The normalized spacial score (nSPS) is 12.1. The van der Waals surface area contributed by atoms with Gasteiger partial charge in [-0.05, 0) is 37.6 Å². The minimum absolute atomic E-state index is 0.0265. The highest BCUT2D eigenvalue weighted by Gasteiger charge is 2.10. The van der Waals surface area contributed by atoms with E-state index in [-0.39, 0.29) is 17.5 Å². The molecule has 0 spiro atoms. The Morgan fingerprint density at radius 1 is 1.14 bits per heavy atom. The van der Waals surface area contributed by atoms with E-state index in [0.717, 1.165) is 16.9 Å². The molecule has 0 aliphatic heterocycles. The van der Waals surface area contributed by atoms with Gasteiger partial charge in [0.1, 0.15) is 17.2 Å². The summed E-state index contributed by atoms with van der Waals surface area (Å²) in [4.78, 5) is 0. The number of ether oxygens (including phenoxy) is 1. The third-order valence-corrected chi connectivity index (χ3v) is 3.30. The van der Waals surface area contributed by atoms with Crippen molar-refractivity contribution in [1.29, 1.82) is 0 Å². The third kappa shape index (κ3) is 4.13. The van der Waals surface area contributed by atoms with E-state index < -0.39 is 0 Å². The molecular formula is C17H21NO3. The number of hydrogen-bond acceptors (Lipinski definition) is 4. The van der Waals surface area contributed by atoms with E-state index in [9.17, 15) is 10.2 Å². The lowest BCUT2D eigenvalue weighted by molar-refractivity contribution is 0.339. The Bertz CT molecular complexity index is 598. The smallest absolute Gasteiger partial charge is 0.124 e. The summed E-state index contributed by atoms with van der Waals surface area (Å²) in [6, 6.07) is 12.5. The summed E-state index contributed by atoms with van der Waals surface area (Å²) < 4.78 is 5.47. The van der Waals surface area contributed by atoms with Crippen molar-refractivity contribution in [3.63, 3.8) is 0 Å². The summed E-state index contributed by atoms with van der Waals surface area (Å²) in [7, 11) is 0. The van der Waals surface area contributed by atoms with Crippen LogP contribution in [0, 0.1) is 0 Å². The summed E-state index contributed by atoms with van der Waals surface area (Å²) in [5.74, 6) is 1.02. The van der Waals surface area contributed by atoms with Crippen molar-refractivity contribution in [3.05, 3.63) is 53.6 Å². The highest BCUT2D eigenvalue weighted by atomic mass is 16.5. The molecule has 2 aromatic rings. The highest BCUT2D eigenvalue weighted by Crippen LogP contribution is 2.28. The highest BCUT2D eigenvalue weighted by molar-refractivity contribution is 5.40. The number of phenols is 2. The number of hydrogen-bond donors (Lipinski definition) is 3. The Morgan fingerprint density at radius 3 is 2.67 bits per heavy atom. The number of nitrogens with one attached hydrogen (secondary N) is 1. The van der Waals surface area contributed by atoms with Gasteiger partial charge in [0.15, 0.2) is 0 Å². The molecule has 4 nitrogen and oxygen atoms in total. The zero-order valence-corrected chi connectivity index (χ0v) is 12.3. The van der Waals surface area contributed by atoms with E-state index >= 15 is 0 Å². The maximum atomic E-state index is 9.85. The van der Waals surface area contributed by atoms with Crippen LogP contribution in [0.4, 0.5) is 0 Å². The van der Waals surface area contributed by atoms with Gasteiger partial charge < -0.3 is 20.3 Å². The Morgan fingerprint density at radius 2 is 1.95 bits per heavy atom. The van der Waals surface area contributed by atoms with E-state index in [1.807, 2.05) is 38.1 Å². The zero-order valence-electron chi connectivity index (χ0n) is 12.3. The van der Waals surface area contributed by atoms with Gasteiger partial charge in [0, 0.05) is 24.2 Å². The standard InChI is InChI=1S/C17H21NO3/c1-3-21-15-6-4-5-13(9-15)11-18-12(2)16-8-7-14(19)10-17(16)20/h4-10,12,18-20H,3,11H2,1-2H3. The van der Waals surface area contributed by atoms with E-state index in [0.29, 0.717) is 13.2 Å². The SMILES string of the molecule is CCOc1cccc(CNC(C)c2ccc(O)cc2O)c1. The second kappa shape index (κ2) is 6.99. The molecule has 1 unspecified atom stereocenters.